The van der Waals surface area contributed by atoms with Crippen LogP contribution in [0.5, 0.6) is 0 Å². The number of carboxylic acid groups (broad SMARTS) is 1. The number of hydrogen-bond acceptors (Lipinski definition) is 2. The van der Waals surface area contributed by atoms with E-state index >= 15 is 0 Å². The van der Waals surface area contributed by atoms with Gasteiger partial charge in [-0.25, -0.2) is 0 Å². The van der Waals surface area contributed by atoms with Crippen LogP contribution in [0, 0.1) is 0 Å². The average Bonchev–Trinajstić information content (AvgIpc) is 2.50. The number of hydrogen-bond donors (Lipinski definition) is 2. The van der Waals surface area contributed by atoms with Gasteiger partial charge in [-0.05, 0) is 44.9 Å². The molecule has 0 aromatic carbocycles. The lowest BCUT2D eigenvalue weighted by Crippen LogP contribution is -1.82. The van der Waals surface area contributed by atoms with Crippen molar-refractivity contribution in [2.45, 2.75) is 90.4 Å². The third-order valence-corrected chi connectivity index (χ3v) is 3.47. The second kappa shape index (κ2) is 23.2. The molecule has 3 heteroatoms. The number of carbonyl (C=O) groups is 1. The van der Waals surface area contributed by atoms with Crippen LogP contribution < -0.4 is 0 Å². The van der Waals surface area contributed by atoms with Gasteiger partial charge in [0.1, 0.15) is 0 Å². The lowest BCUT2D eigenvalue weighted by Gasteiger charge is -2.00. The van der Waals surface area contributed by atoms with E-state index in [1.807, 2.05) is 6.08 Å². The maximum Gasteiger partial charge on any atom is 0.300 e. The van der Waals surface area contributed by atoms with Crippen molar-refractivity contribution in [2.75, 3.05) is 6.61 Å². The Balaban J connectivity index is 0. The van der Waals surface area contributed by atoms with Gasteiger partial charge in [0.2, 0.25) is 0 Å². The first-order valence-electron chi connectivity index (χ1n) is 9.21. The van der Waals surface area contributed by atoms with Crippen LogP contribution in [-0.4, -0.2) is 22.8 Å². The Morgan fingerprint density at radius 1 is 0.783 bits per heavy atom. The van der Waals surface area contributed by atoms with Crippen molar-refractivity contribution in [3.8, 4) is 0 Å². The van der Waals surface area contributed by atoms with E-state index in [-0.39, 0.29) is 0 Å². The predicted octanol–water partition coefficient (Wildman–Crippen LogP) is 5.88. The average molecular weight is 327 g/mol. The van der Waals surface area contributed by atoms with Gasteiger partial charge < -0.3 is 10.2 Å². The van der Waals surface area contributed by atoms with Gasteiger partial charge in [-0.15, -0.1) is 6.58 Å². The smallest absolute Gasteiger partial charge is 0.300 e. The predicted molar refractivity (Wildman–Crippen MR) is 99.8 cm³/mol. The molecule has 0 spiro atoms. The minimum absolute atomic E-state index is 0.345. The molecule has 0 atom stereocenters. The molecule has 0 unspecified atom stereocenters. The Bertz CT molecular complexity index is 268. The number of allylic oxidation sites excluding steroid dienone is 3. The molecule has 0 fully saturated rings. The van der Waals surface area contributed by atoms with Crippen LogP contribution in [0.4, 0.5) is 0 Å². The minimum atomic E-state index is -0.833. The fourth-order valence-electron chi connectivity index (χ4n) is 2.22. The molecule has 0 aliphatic rings. The molecule has 0 saturated carbocycles. The molecule has 0 saturated heterocycles. The zero-order valence-electron chi connectivity index (χ0n) is 15.1. The van der Waals surface area contributed by atoms with E-state index in [2.05, 4.69) is 18.7 Å². The van der Waals surface area contributed by atoms with Gasteiger partial charge >= 0.3 is 0 Å². The van der Waals surface area contributed by atoms with Crippen LogP contribution in [0.2, 0.25) is 0 Å². The molecular weight excluding hydrogens is 288 g/mol. The van der Waals surface area contributed by atoms with Gasteiger partial charge in [-0.3, -0.25) is 4.79 Å². The summed E-state index contributed by atoms with van der Waals surface area (Å²) < 4.78 is 0. The van der Waals surface area contributed by atoms with Crippen LogP contribution in [-0.2, 0) is 4.79 Å². The molecule has 0 aliphatic carbocycles. The topological polar surface area (TPSA) is 57.5 Å². The van der Waals surface area contributed by atoms with Crippen molar-refractivity contribution in [2.24, 2.45) is 0 Å². The SMILES string of the molecule is C=CCCCCCCCCC/C=C/CCCCCO.CC(=O)O. The summed E-state index contributed by atoms with van der Waals surface area (Å²) in [7, 11) is 0. The lowest BCUT2D eigenvalue weighted by atomic mass is 10.1. The van der Waals surface area contributed by atoms with Crippen LogP contribution in [0.15, 0.2) is 24.8 Å². The molecule has 0 rings (SSSR count). The number of carboxylic acids is 1. The maximum absolute atomic E-state index is 9.00. The van der Waals surface area contributed by atoms with Crippen LogP contribution in [0.25, 0.3) is 0 Å². The Labute approximate surface area is 143 Å². The fraction of sp³-hybridized carbons (Fsp3) is 0.750. The zero-order chi connectivity index (χ0) is 17.6. The first-order chi connectivity index (χ1) is 11.1. The van der Waals surface area contributed by atoms with Crippen molar-refractivity contribution < 1.29 is 15.0 Å². The Morgan fingerprint density at radius 3 is 1.52 bits per heavy atom. The lowest BCUT2D eigenvalue weighted by molar-refractivity contribution is -0.134. The van der Waals surface area contributed by atoms with E-state index in [0.29, 0.717) is 6.61 Å². The summed E-state index contributed by atoms with van der Waals surface area (Å²) in [6, 6.07) is 0. The first kappa shape index (κ1) is 24.2. The number of aliphatic hydroxyl groups is 1. The summed E-state index contributed by atoms with van der Waals surface area (Å²) in [5, 5.41) is 16.1. The van der Waals surface area contributed by atoms with Crippen LogP contribution >= 0.6 is 0 Å². The van der Waals surface area contributed by atoms with Crippen molar-refractivity contribution in [3.05, 3.63) is 24.8 Å². The van der Waals surface area contributed by atoms with Crippen LogP contribution in [0.3, 0.4) is 0 Å². The highest BCUT2D eigenvalue weighted by Gasteiger charge is 1.90. The Morgan fingerprint density at radius 2 is 1.13 bits per heavy atom. The first-order valence-corrected chi connectivity index (χ1v) is 9.21. The van der Waals surface area contributed by atoms with Gasteiger partial charge in [0.05, 0.1) is 0 Å². The van der Waals surface area contributed by atoms with Gasteiger partial charge in [0.15, 0.2) is 0 Å². The van der Waals surface area contributed by atoms with E-state index < -0.39 is 5.97 Å². The summed E-state index contributed by atoms with van der Waals surface area (Å²) in [6.07, 6.45) is 23.3. The van der Waals surface area contributed by atoms with E-state index in [0.717, 1.165) is 19.8 Å². The number of rotatable bonds is 15. The molecule has 0 amide bonds. The van der Waals surface area contributed by atoms with Gasteiger partial charge in [0.25, 0.3) is 5.97 Å². The normalized spacial score (nSPS) is 10.3. The number of aliphatic hydroxyl groups excluding tert-OH is 1. The highest BCUT2D eigenvalue weighted by atomic mass is 16.4. The monoisotopic (exact) mass is 326 g/mol. The molecule has 136 valence electrons. The Kier molecular flexibility index (Phi) is 24.4. The van der Waals surface area contributed by atoms with Gasteiger partial charge in [-0.1, -0.05) is 56.8 Å². The zero-order valence-corrected chi connectivity index (χ0v) is 15.1. The summed E-state index contributed by atoms with van der Waals surface area (Å²) in [4.78, 5) is 9.00. The molecule has 0 bridgehead atoms. The molecule has 2 N–H and O–H groups in total. The largest absolute Gasteiger partial charge is 0.481 e. The van der Waals surface area contributed by atoms with E-state index in [1.165, 1.54) is 70.6 Å². The third-order valence-electron chi connectivity index (χ3n) is 3.47. The minimum Gasteiger partial charge on any atom is -0.481 e. The van der Waals surface area contributed by atoms with E-state index in [1.54, 1.807) is 0 Å². The summed E-state index contributed by atoms with van der Waals surface area (Å²) >= 11 is 0. The van der Waals surface area contributed by atoms with E-state index in [9.17, 15) is 0 Å². The molecule has 0 aromatic rings. The van der Waals surface area contributed by atoms with Crippen LogP contribution in [0.1, 0.15) is 90.4 Å². The maximum atomic E-state index is 9.00. The standard InChI is InChI=1S/C18H34O.C2H4O2/c1-2-3-4-5-6-7-8-9-10-11-12-13-14-15-16-17-18-19;1-2(3)4/h2,12-13,19H,1,3-11,14-18H2;1H3,(H,3,4)/b13-12+;. The summed E-state index contributed by atoms with van der Waals surface area (Å²) in [6.45, 7) is 5.17. The summed E-state index contributed by atoms with van der Waals surface area (Å²) in [5.74, 6) is -0.833. The quantitative estimate of drug-likeness (QED) is 0.292. The van der Waals surface area contributed by atoms with E-state index in [4.69, 9.17) is 15.0 Å². The van der Waals surface area contributed by atoms with Gasteiger partial charge in [-0.2, -0.15) is 0 Å². The van der Waals surface area contributed by atoms with Crippen molar-refractivity contribution in [1.82, 2.24) is 0 Å². The highest BCUT2D eigenvalue weighted by molar-refractivity contribution is 5.62. The molecule has 0 heterocycles. The second-order valence-electron chi connectivity index (χ2n) is 5.90. The molecule has 3 nitrogen and oxygen atoms in total. The number of unbranched alkanes of at least 4 members (excludes halogenated alkanes) is 11. The van der Waals surface area contributed by atoms with Gasteiger partial charge in [0, 0.05) is 13.5 Å². The molecular formula is C20H38O3. The molecule has 0 radical (unpaired) electrons. The van der Waals surface area contributed by atoms with Crippen molar-refractivity contribution in [3.63, 3.8) is 0 Å². The fourth-order valence-corrected chi connectivity index (χ4v) is 2.22. The number of aliphatic carboxylic acids is 1. The summed E-state index contributed by atoms with van der Waals surface area (Å²) in [5.41, 5.74) is 0. The molecule has 0 aliphatic heterocycles. The second-order valence-corrected chi connectivity index (χ2v) is 5.90. The third kappa shape index (κ3) is 33.6. The van der Waals surface area contributed by atoms with Crippen molar-refractivity contribution in [1.29, 1.82) is 0 Å². The van der Waals surface area contributed by atoms with Crippen molar-refractivity contribution >= 4 is 5.97 Å². The highest BCUT2D eigenvalue weighted by Crippen LogP contribution is 2.10. The molecule has 23 heavy (non-hydrogen) atoms. The molecule has 0 aromatic heterocycles. The Hall–Kier alpha value is -1.09.